The number of nitrogens with zero attached hydrogens (tertiary/aromatic N) is 2. The Kier molecular flexibility index (Phi) is 29.1. The lowest BCUT2D eigenvalue weighted by Gasteiger charge is -2.30. The molecule has 6 unspecified atom stereocenters. The number of aliphatic imine (C=N–C) groups is 1. The molecular formula is C39H69F3N12O15. The van der Waals surface area contributed by atoms with Gasteiger partial charge in [-0.15, -0.1) is 0 Å². The van der Waals surface area contributed by atoms with Crippen molar-refractivity contribution < 1.29 is 86.6 Å². The molecule has 0 saturated heterocycles. The number of hydrogen-bond donors (Lipinski definition) is 15. The Morgan fingerprint density at radius 3 is 1.62 bits per heavy atom. The third-order valence-corrected chi connectivity index (χ3v) is 9.69. The molecule has 20 N–H and O–H groups in total. The highest BCUT2D eigenvalue weighted by atomic mass is 19.4. The first-order valence-corrected chi connectivity index (χ1v) is 21.4. The number of halogens is 3. The number of alkyl halides is 3. The third-order valence-electron chi connectivity index (χ3n) is 9.69. The number of amides is 8. The van der Waals surface area contributed by atoms with Gasteiger partial charge < -0.3 is 80.8 Å². The summed E-state index contributed by atoms with van der Waals surface area (Å²) in [4.78, 5) is 130. The number of primary amides is 1. The van der Waals surface area contributed by atoms with Gasteiger partial charge in [0.15, 0.2) is 18.1 Å². The van der Waals surface area contributed by atoms with Crippen molar-refractivity contribution in [1.82, 2.24) is 31.5 Å². The van der Waals surface area contributed by atoms with Gasteiger partial charge in [-0.2, -0.15) is 13.2 Å². The van der Waals surface area contributed by atoms with E-state index in [1.165, 1.54) is 0 Å². The van der Waals surface area contributed by atoms with Crippen molar-refractivity contribution in [2.45, 2.75) is 141 Å². The van der Waals surface area contributed by atoms with Crippen LogP contribution >= 0.6 is 0 Å². The van der Waals surface area contributed by atoms with E-state index < -0.39 is 139 Å². The molecule has 0 bridgehead atoms. The summed E-state index contributed by atoms with van der Waals surface area (Å²) < 4.78 is 31.7. The summed E-state index contributed by atoms with van der Waals surface area (Å²) in [6.07, 6.45) is -8.19. The van der Waals surface area contributed by atoms with Gasteiger partial charge in [-0.25, -0.2) is 9.59 Å². The van der Waals surface area contributed by atoms with E-state index in [1.54, 1.807) is 13.8 Å². The fourth-order valence-electron chi connectivity index (χ4n) is 5.80. The number of aliphatic hydroxyl groups excluding tert-OH is 3. The molecule has 30 heteroatoms. The SMILES string of the molecule is CCC(C)[C@H](NC(=O)[C@@H](CCCN=C(N)N)NC(=O)[C@H](CC(C)C)NC(=O)C(N)CC(C)C)C(=O)NC(C(=O)NCC(=O)N(C(=O)C(N)[C@H](O)C(N)=O)C(CO)C(=O)O)C(C)O.O=C(O)C(F)(F)F. The number of hydrogen-bond acceptors (Lipinski definition) is 16. The number of nitrogens with one attached hydrogen (secondary N) is 5. The summed E-state index contributed by atoms with van der Waals surface area (Å²) >= 11 is 0. The molecule has 396 valence electrons. The summed E-state index contributed by atoms with van der Waals surface area (Å²) in [5.74, 6) is -14.5. The van der Waals surface area contributed by atoms with E-state index in [1.807, 2.05) is 33.0 Å². The van der Waals surface area contributed by atoms with Gasteiger partial charge >= 0.3 is 18.1 Å². The first-order valence-electron chi connectivity index (χ1n) is 21.4. The quantitative estimate of drug-likeness (QED) is 0.0198. The Morgan fingerprint density at radius 1 is 0.710 bits per heavy atom. The Bertz CT molecular complexity index is 1800. The zero-order valence-corrected chi connectivity index (χ0v) is 39.3. The van der Waals surface area contributed by atoms with Crippen molar-refractivity contribution in [3.8, 4) is 0 Å². The lowest BCUT2D eigenvalue weighted by Crippen LogP contribution is -2.63. The van der Waals surface area contributed by atoms with Crippen LogP contribution in [0.1, 0.15) is 80.6 Å². The fraction of sp³-hybridized carbons (Fsp3) is 0.718. The van der Waals surface area contributed by atoms with E-state index in [0.29, 0.717) is 6.42 Å². The molecule has 10 atom stereocenters. The number of imide groups is 1. The highest BCUT2D eigenvalue weighted by molar-refractivity contribution is 6.05. The molecule has 0 aromatic carbocycles. The highest BCUT2D eigenvalue weighted by Gasteiger charge is 2.41. The first kappa shape index (κ1) is 64.8. The second-order valence-corrected chi connectivity index (χ2v) is 16.6. The number of rotatable bonds is 28. The Hall–Kier alpha value is -6.24. The molecule has 27 nitrogen and oxygen atoms in total. The van der Waals surface area contributed by atoms with E-state index in [9.17, 15) is 76.7 Å². The number of carbonyl (C=O) groups is 10. The molecule has 0 aromatic rings. The predicted octanol–water partition coefficient (Wildman–Crippen LogP) is -5.45. The molecule has 0 rings (SSSR count). The van der Waals surface area contributed by atoms with Crippen LogP contribution in [0.2, 0.25) is 0 Å². The van der Waals surface area contributed by atoms with Crippen LogP contribution in [0.3, 0.4) is 0 Å². The van der Waals surface area contributed by atoms with E-state index in [4.69, 9.17) is 38.6 Å². The third kappa shape index (κ3) is 24.1. The van der Waals surface area contributed by atoms with E-state index >= 15 is 0 Å². The molecule has 0 heterocycles. The van der Waals surface area contributed by atoms with Crippen molar-refractivity contribution in [3.05, 3.63) is 0 Å². The number of nitrogens with two attached hydrogens (primary N) is 5. The second-order valence-electron chi connectivity index (χ2n) is 16.6. The summed E-state index contributed by atoms with van der Waals surface area (Å²) in [7, 11) is 0. The van der Waals surface area contributed by atoms with Crippen LogP contribution < -0.4 is 55.3 Å². The van der Waals surface area contributed by atoms with Crippen molar-refractivity contribution >= 4 is 65.2 Å². The minimum Gasteiger partial charge on any atom is -0.480 e. The Labute approximate surface area is 395 Å². The average Bonchev–Trinajstić information content (AvgIpc) is 3.23. The molecule has 0 radical (unpaired) electrons. The predicted molar refractivity (Wildman–Crippen MR) is 236 cm³/mol. The second kappa shape index (κ2) is 31.0. The molecule has 69 heavy (non-hydrogen) atoms. The maximum Gasteiger partial charge on any atom is 0.490 e. The summed E-state index contributed by atoms with van der Waals surface area (Å²) in [5, 5.41) is 58.9. The average molecular weight is 1000 g/mol. The number of aliphatic carboxylic acids is 2. The van der Waals surface area contributed by atoms with Gasteiger partial charge in [-0.05, 0) is 50.4 Å². The van der Waals surface area contributed by atoms with Gasteiger partial charge in [0.05, 0.1) is 25.3 Å². The Balaban J connectivity index is 0. The van der Waals surface area contributed by atoms with Gasteiger partial charge in [0.25, 0.3) is 0 Å². The van der Waals surface area contributed by atoms with Crippen LogP contribution in [0.5, 0.6) is 0 Å². The van der Waals surface area contributed by atoms with Crippen LogP contribution in [0, 0.1) is 17.8 Å². The smallest absolute Gasteiger partial charge is 0.480 e. The lowest BCUT2D eigenvalue weighted by atomic mass is 9.96. The molecule has 0 aromatic heterocycles. The number of carbonyl (C=O) groups excluding carboxylic acids is 8. The van der Waals surface area contributed by atoms with Crippen molar-refractivity contribution in [2.24, 2.45) is 51.4 Å². The van der Waals surface area contributed by atoms with Crippen molar-refractivity contribution in [2.75, 3.05) is 19.7 Å². The number of aliphatic hydroxyl groups is 3. The number of guanidine groups is 1. The monoisotopic (exact) mass is 1000 g/mol. The summed E-state index contributed by atoms with van der Waals surface area (Å²) in [6, 6.07) is -11.1. The molecule has 0 fully saturated rings. The van der Waals surface area contributed by atoms with Gasteiger partial charge in [0.2, 0.25) is 47.3 Å². The van der Waals surface area contributed by atoms with Gasteiger partial charge in [0.1, 0.15) is 30.2 Å². The van der Waals surface area contributed by atoms with Crippen molar-refractivity contribution in [3.63, 3.8) is 0 Å². The fourth-order valence-corrected chi connectivity index (χ4v) is 5.80. The molecule has 0 aliphatic heterocycles. The number of carboxylic acids is 2. The zero-order valence-electron chi connectivity index (χ0n) is 39.3. The minimum atomic E-state index is -5.08. The van der Waals surface area contributed by atoms with E-state index in [2.05, 4.69) is 26.3 Å². The maximum absolute atomic E-state index is 13.9. The molecular weight excluding hydrogens is 933 g/mol. The standard InChI is InChI=1S/C37H68N12O13.C2HF3O2/c1-8-18(6)26(47-31(56)21(10-9-11-43-37(41)42)45-32(57)22(13-17(4)5)46-30(55)20(38)12-16(2)3)34(59)48-27(19(7)51)33(58)44-14-24(52)49(23(15-50)36(61)62)35(60)25(39)28(53)29(40)54;3-2(4,5)1(6)7/h16-23,25-28,50-51,53H,8-15,38-39H2,1-7H3,(H2,40,54)(H,44,58)(H,45,57)(H,46,55)(H,47,56)(H,48,59)(H,61,62)(H4,41,42,43);(H,6,7)/t18?,19?,20?,21-,22+,23?,25?,26+,27?,28+;/m1./s1. The van der Waals surface area contributed by atoms with Crippen LogP contribution in [-0.4, -0.2) is 176 Å². The minimum absolute atomic E-state index is 0.0456. The highest BCUT2D eigenvalue weighted by Crippen LogP contribution is 2.14. The molecule has 0 aliphatic carbocycles. The normalized spacial score (nSPS) is 15.6. The van der Waals surface area contributed by atoms with E-state index in [-0.39, 0.29) is 54.9 Å². The van der Waals surface area contributed by atoms with Crippen LogP contribution in [0.25, 0.3) is 0 Å². The van der Waals surface area contributed by atoms with Gasteiger partial charge in [-0.3, -0.25) is 48.2 Å². The largest absolute Gasteiger partial charge is 0.490 e. The van der Waals surface area contributed by atoms with Crippen LogP contribution in [-0.2, 0) is 47.9 Å². The van der Waals surface area contributed by atoms with E-state index in [0.717, 1.165) is 6.92 Å². The molecule has 8 amide bonds. The first-order chi connectivity index (χ1) is 31.7. The van der Waals surface area contributed by atoms with Crippen LogP contribution in [0.4, 0.5) is 13.2 Å². The lowest BCUT2D eigenvalue weighted by molar-refractivity contribution is -0.192. The zero-order chi connectivity index (χ0) is 54.3. The summed E-state index contributed by atoms with van der Waals surface area (Å²) in [5.41, 5.74) is 27.4. The van der Waals surface area contributed by atoms with Crippen molar-refractivity contribution in [1.29, 1.82) is 0 Å². The molecule has 0 aliphatic rings. The molecule has 0 saturated carbocycles. The van der Waals surface area contributed by atoms with Gasteiger partial charge in [0, 0.05) is 6.54 Å². The Morgan fingerprint density at radius 2 is 1.20 bits per heavy atom. The summed E-state index contributed by atoms with van der Waals surface area (Å²) in [6.45, 7) is 9.32. The number of carboxylic acid groups (broad SMARTS) is 2. The molecule has 0 spiro atoms. The van der Waals surface area contributed by atoms with Crippen LogP contribution in [0.15, 0.2) is 4.99 Å². The van der Waals surface area contributed by atoms with Gasteiger partial charge in [-0.1, -0.05) is 48.0 Å². The maximum atomic E-state index is 13.9. The topological polar surface area (TPSA) is 478 Å².